The SMILES string of the molecule is Cc1ccc(CN(c2ccc(C(=O)N/N=C\c3cc(C)n(-c4ccc(C)cc4)c3C)cc2)S(C)(=O)=O)cc1. The molecule has 7 nitrogen and oxygen atoms in total. The highest BCUT2D eigenvalue weighted by Crippen LogP contribution is 2.22. The van der Waals surface area contributed by atoms with Crippen LogP contribution in [0.5, 0.6) is 0 Å². The highest BCUT2D eigenvalue weighted by atomic mass is 32.2. The number of benzene rings is 3. The van der Waals surface area contributed by atoms with Crippen molar-refractivity contribution >= 4 is 27.8 Å². The van der Waals surface area contributed by atoms with Crippen LogP contribution in [0.15, 0.2) is 84.0 Å². The summed E-state index contributed by atoms with van der Waals surface area (Å²) in [6, 6.07) is 24.5. The molecule has 0 spiro atoms. The molecule has 0 bridgehead atoms. The predicted octanol–water partition coefficient (Wildman–Crippen LogP) is 5.44. The summed E-state index contributed by atoms with van der Waals surface area (Å²) in [5.41, 5.74) is 10.7. The quantitative estimate of drug-likeness (QED) is 0.244. The minimum Gasteiger partial charge on any atom is -0.318 e. The molecule has 3 aromatic carbocycles. The van der Waals surface area contributed by atoms with Crippen LogP contribution in [-0.4, -0.2) is 31.4 Å². The van der Waals surface area contributed by atoms with E-state index >= 15 is 0 Å². The van der Waals surface area contributed by atoms with Crippen molar-refractivity contribution in [1.29, 1.82) is 0 Å². The second kappa shape index (κ2) is 11.1. The second-order valence-electron chi connectivity index (χ2n) is 9.50. The molecule has 38 heavy (non-hydrogen) atoms. The van der Waals surface area contributed by atoms with Gasteiger partial charge in [0.2, 0.25) is 10.0 Å². The second-order valence-corrected chi connectivity index (χ2v) is 11.4. The van der Waals surface area contributed by atoms with Gasteiger partial charge in [0.25, 0.3) is 5.91 Å². The first kappa shape index (κ1) is 26.9. The molecule has 0 fully saturated rings. The van der Waals surface area contributed by atoms with E-state index in [1.165, 1.54) is 16.1 Å². The van der Waals surface area contributed by atoms with Gasteiger partial charge in [-0.1, -0.05) is 47.5 Å². The van der Waals surface area contributed by atoms with Gasteiger partial charge in [-0.15, -0.1) is 0 Å². The van der Waals surface area contributed by atoms with Gasteiger partial charge in [0.1, 0.15) is 0 Å². The summed E-state index contributed by atoms with van der Waals surface area (Å²) in [6.45, 7) is 8.29. The van der Waals surface area contributed by atoms with E-state index in [0.717, 1.165) is 33.8 Å². The Bertz CT molecular complexity index is 1570. The van der Waals surface area contributed by atoms with E-state index in [0.29, 0.717) is 11.3 Å². The largest absolute Gasteiger partial charge is 0.318 e. The average molecular weight is 529 g/mol. The van der Waals surface area contributed by atoms with Crippen LogP contribution in [0.3, 0.4) is 0 Å². The van der Waals surface area contributed by atoms with Crippen molar-refractivity contribution in [3.8, 4) is 5.69 Å². The van der Waals surface area contributed by atoms with Crippen LogP contribution in [-0.2, 0) is 16.6 Å². The lowest BCUT2D eigenvalue weighted by Crippen LogP contribution is -2.29. The predicted molar refractivity (Wildman–Crippen MR) is 154 cm³/mol. The van der Waals surface area contributed by atoms with Crippen molar-refractivity contribution in [2.75, 3.05) is 10.6 Å². The fourth-order valence-corrected chi connectivity index (χ4v) is 5.16. The molecular weight excluding hydrogens is 496 g/mol. The molecule has 1 aromatic heterocycles. The van der Waals surface area contributed by atoms with Crippen LogP contribution in [0.2, 0.25) is 0 Å². The minimum absolute atomic E-state index is 0.204. The zero-order valence-corrected chi connectivity index (χ0v) is 23.1. The number of hydrogen-bond acceptors (Lipinski definition) is 4. The van der Waals surface area contributed by atoms with Crippen molar-refractivity contribution in [3.63, 3.8) is 0 Å². The number of rotatable bonds is 8. The zero-order chi connectivity index (χ0) is 27.4. The average Bonchev–Trinajstić information content (AvgIpc) is 3.16. The summed E-state index contributed by atoms with van der Waals surface area (Å²) in [6.07, 6.45) is 2.80. The number of hydrogen-bond donors (Lipinski definition) is 1. The molecule has 0 aliphatic heterocycles. The smallest absolute Gasteiger partial charge is 0.271 e. The van der Waals surface area contributed by atoms with Crippen molar-refractivity contribution in [2.45, 2.75) is 34.2 Å². The summed E-state index contributed by atoms with van der Waals surface area (Å²) in [5, 5.41) is 4.16. The third-order valence-corrected chi connectivity index (χ3v) is 7.54. The maximum absolute atomic E-state index is 12.7. The van der Waals surface area contributed by atoms with Crippen LogP contribution in [0.25, 0.3) is 5.69 Å². The van der Waals surface area contributed by atoms with Gasteiger partial charge >= 0.3 is 0 Å². The van der Waals surface area contributed by atoms with Gasteiger partial charge in [-0.05, 0) is 75.7 Å². The first-order chi connectivity index (χ1) is 18.0. The van der Waals surface area contributed by atoms with Gasteiger partial charge in [-0.3, -0.25) is 9.10 Å². The number of nitrogens with one attached hydrogen (secondary N) is 1. The summed E-state index contributed by atoms with van der Waals surface area (Å²) < 4.78 is 28.4. The lowest BCUT2D eigenvalue weighted by atomic mass is 10.1. The Balaban J connectivity index is 1.46. The third-order valence-electron chi connectivity index (χ3n) is 6.40. The molecule has 0 radical (unpaired) electrons. The molecule has 0 saturated carbocycles. The Kier molecular flexibility index (Phi) is 7.83. The molecular formula is C30H32N4O3S. The highest BCUT2D eigenvalue weighted by molar-refractivity contribution is 7.92. The molecule has 4 rings (SSSR count). The highest BCUT2D eigenvalue weighted by Gasteiger charge is 2.18. The van der Waals surface area contributed by atoms with Gasteiger partial charge < -0.3 is 4.57 Å². The minimum atomic E-state index is -3.52. The number of aromatic nitrogens is 1. The summed E-state index contributed by atoms with van der Waals surface area (Å²) in [5.74, 6) is -0.385. The number of amides is 1. The summed E-state index contributed by atoms with van der Waals surface area (Å²) in [4.78, 5) is 12.7. The number of hydrazone groups is 1. The molecule has 0 atom stereocenters. The maximum Gasteiger partial charge on any atom is 0.271 e. The molecule has 0 aliphatic carbocycles. The molecule has 4 aromatic rings. The number of nitrogens with zero attached hydrogens (tertiary/aromatic N) is 3. The Labute approximate surface area is 224 Å². The fraction of sp³-hybridized carbons (Fsp3) is 0.200. The van der Waals surface area contributed by atoms with Crippen molar-refractivity contribution < 1.29 is 13.2 Å². The van der Waals surface area contributed by atoms with Gasteiger partial charge in [-0.2, -0.15) is 5.10 Å². The van der Waals surface area contributed by atoms with Crippen molar-refractivity contribution in [3.05, 3.63) is 118 Å². The standard InChI is InChI=1S/C30H32N4O3S/c1-21-6-10-25(11-7-21)20-33(38(5,36)37)28-16-12-26(13-17-28)30(35)32-31-19-27-18-23(3)34(24(27)4)29-14-8-22(2)9-15-29/h6-19H,20H2,1-5H3,(H,32,35)/b31-19-. The van der Waals surface area contributed by atoms with Crippen molar-refractivity contribution in [1.82, 2.24) is 9.99 Å². The molecule has 1 N–H and O–H groups in total. The summed E-state index contributed by atoms with van der Waals surface area (Å²) >= 11 is 0. The first-order valence-corrected chi connectivity index (χ1v) is 14.1. The Hall–Kier alpha value is -4.17. The first-order valence-electron chi connectivity index (χ1n) is 12.3. The lowest BCUT2D eigenvalue weighted by molar-refractivity contribution is 0.0955. The molecule has 8 heteroatoms. The van der Waals surface area contributed by atoms with E-state index in [4.69, 9.17) is 0 Å². The van der Waals surface area contributed by atoms with Crippen LogP contribution in [0.4, 0.5) is 5.69 Å². The normalized spacial score (nSPS) is 11.6. The van der Waals surface area contributed by atoms with Crippen LogP contribution < -0.4 is 9.73 Å². The Morgan fingerprint density at radius 3 is 2.05 bits per heavy atom. The van der Waals surface area contributed by atoms with Gasteiger partial charge in [0.05, 0.1) is 24.7 Å². The number of aryl methyl sites for hydroxylation is 3. The van der Waals surface area contributed by atoms with E-state index in [9.17, 15) is 13.2 Å². The Morgan fingerprint density at radius 1 is 0.895 bits per heavy atom. The Morgan fingerprint density at radius 2 is 1.47 bits per heavy atom. The van der Waals surface area contributed by atoms with Crippen molar-refractivity contribution in [2.24, 2.45) is 5.10 Å². The third kappa shape index (κ3) is 6.20. The van der Waals surface area contributed by atoms with E-state index in [1.54, 1.807) is 30.5 Å². The molecule has 0 unspecified atom stereocenters. The van der Waals surface area contributed by atoms with E-state index in [1.807, 2.05) is 51.1 Å². The lowest BCUT2D eigenvalue weighted by Gasteiger charge is -2.22. The maximum atomic E-state index is 12.7. The molecule has 0 aliphatic rings. The van der Waals surface area contributed by atoms with Gasteiger partial charge in [0.15, 0.2) is 0 Å². The number of anilines is 1. The van der Waals surface area contributed by atoms with Crippen LogP contribution in [0.1, 0.15) is 44.0 Å². The number of sulfonamides is 1. The fourth-order valence-electron chi connectivity index (χ4n) is 4.27. The van der Waals surface area contributed by atoms with Crippen LogP contribution in [0, 0.1) is 27.7 Å². The zero-order valence-electron chi connectivity index (χ0n) is 22.3. The monoisotopic (exact) mass is 528 g/mol. The number of carbonyl (C=O) groups is 1. The summed E-state index contributed by atoms with van der Waals surface area (Å²) in [7, 11) is -3.52. The molecule has 1 heterocycles. The molecule has 0 saturated heterocycles. The topological polar surface area (TPSA) is 83.8 Å². The van der Waals surface area contributed by atoms with E-state index in [2.05, 4.69) is 46.3 Å². The molecule has 196 valence electrons. The van der Waals surface area contributed by atoms with Gasteiger partial charge in [0, 0.05) is 28.2 Å². The van der Waals surface area contributed by atoms with E-state index in [-0.39, 0.29) is 12.5 Å². The van der Waals surface area contributed by atoms with Crippen LogP contribution >= 0.6 is 0 Å². The number of carbonyl (C=O) groups excluding carboxylic acids is 1. The van der Waals surface area contributed by atoms with E-state index < -0.39 is 10.0 Å². The van der Waals surface area contributed by atoms with Gasteiger partial charge in [-0.25, -0.2) is 13.8 Å². The molecule has 1 amide bonds.